The molecule has 0 radical (unpaired) electrons. The van der Waals surface area contributed by atoms with E-state index in [1.165, 1.54) is 18.5 Å². The van der Waals surface area contributed by atoms with Gasteiger partial charge in [-0.3, -0.25) is 4.79 Å². The largest absolute Gasteiger partial charge is 0.315 e. The maximum atomic E-state index is 14.7. The lowest BCUT2D eigenvalue weighted by atomic mass is 9.98. The summed E-state index contributed by atoms with van der Waals surface area (Å²) in [5, 5.41) is 20.6. The highest BCUT2D eigenvalue weighted by Gasteiger charge is 2.21. The Balaban J connectivity index is 1.65. The van der Waals surface area contributed by atoms with E-state index >= 15 is 0 Å². The van der Waals surface area contributed by atoms with E-state index in [-0.39, 0.29) is 17.3 Å². The molecule has 1 amide bonds. The maximum absolute atomic E-state index is 14.7. The summed E-state index contributed by atoms with van der Waals surface area (Å²) < 4.78 is 14.7. The third kappa shape index (κ3) is 7.58. The molecule has 0 bridgehead atoms. The number of benzene rings is 2. The highest BCUT2D eigenvalue weighted by atomic mass is 19.1. The minimum atomic E-state index is -0.549. The molecule has 1 heterocycles. The third-order valence-corrected chi connectivity index (χ3v) is 5.44. The van der Waals surface area contributed by atoms with Gasteiger partial charge in [0.15, 0.2) is 0 Å². The van der Waals surface area contributed by atoms with Crippen LogP contribution in [-0.4, -0.2) is 49.3 Å². The molecule has 184 valence electrons. The molecule has 0 aliphatic rings. The number of hydrogen-bond donors (Lipinski definition) is 2. The molecule has 1 atom stereocenters. The number of halogens is 1. The van der Waals surface area contributed by atoms with E-state index < -0.39 is 11.7 Å². The molecule has 2 aromatic carbocycles. The van der Waals surface area contributed by atoms with Crippen LogP contribution in [0.4, 0.5) is 10.2 Å². The van der Waals surface area contributed by atoms with Crippen molar-refractivity contribution in [3.8, 4) is 6.07 Å². The minimum absolute atomic E-state index is 0.122. The van der Waals surface area contributed by atoms with E-state index in [0.717, 1.165) is 17.5 Å². The first-order chi connectivity index (χ1) is 17.4. The fraction of sp³-hybridized carbons (Fsp3) is 0.214. The van der Waals surface area contributed by atoms with Gasteiger partial charge in [0.25, 0.3) is 0 Å². The number of carbonyl (C=O) groups excluding carboxylic acids is 1. The lowest BCUT2D eigenvalue weighted by molar-refractivity contribution is -0.117. The van der Waals surface area contributed by atoms with E-state index in [1.807, 2.05) is 42.5 Å². The van der Waals surface area contributed by atoms with Crippen LogP contribution in [0.5, 0.6) is 0 Å². The van der Waals surface area contributed by atoms with Crippen molar-refractivity contribution in [3.05, 3.63) is 102 Å². The number of nitrogens with zero attached hydrogens (tertiary/aromatic N) is 4. The normalized spacial score (nSPS) is 11.6. The first kappa shape index (κ1) is 26.3. The van der Waals surface area contributed by atoms with Gasteiger partial charge in [-0.05, 0) is 41.8 Å². The fourth-order valence-corrected chi connectivity index (χ4v) is 3.48. The van der Waals surface area contributed by atoms with Crippen LogP contribution in [0.25, 0.3) is 5.57 Å². The Morgan fingerprint density at radius 3 is 2.58 bits per heavy atom. The number of amides is 1. The summed E-state index contributed by atoms with van der Waals surface area (Å²) in [6, 6.07) is 20.1. The molecule has 0 fully saturated rings. The third-order valence-electron chi connectivity index (χ3n) is 5.44. The zero-order chi connectivity index (χ0) is 25.9. The van der Waals surface area contributed by atoms with E-state index in [0.29, 0.717) is 24.2 Å². The van der Waals surface area contributed by atoms with E-state index in [2.05, 4.69) is 33.4 Å². The van der Waals surface area contributed by atoms with Gasteiger partial charge in [0.05, 0.1) is 23.8 Å². The number of aromatic nitrogens is 1. The molecule has 0 saturated heterocycles. The minimum Gasteiger partial charge on any atom is -0.315 e. The summed E-state index contributed by atoms with van der Waals surface area (Å²) in [6.45, 7) is 4.87. The smallest absolute Gasteiger partial charge is 0.234 e. The molecule has 36 heavy (non-hydrogen) atoms. The molecule has 3 rings (SSSR count). The summed E-state index contributed by atoms with van der Waals surface area (Å²) in [5.41, 5.74) is 3.14. The van der Waals surface area contributed by atoms with Crippen LogP contribution in [0.15, 0.2) is 78.5 Å². The zero-order valence-electron chi connectivity index (χ0n) is 20.4. The van der Waals surface area contributed by atoms with Crippen molar-refractivity contribution in [2.24, 2.45) is 5.10 Å². The molecule has 8 heteroatoms. The van der Waals surface area contributed by atoms with Gasteiger partial charge in [-0.1, -0.05) is 49.0 Å². The summed E-state index contributed by atoms with van der Waals surface area (Å²) in [6.07, 6.45) is 3.54. The van der Waals surface area contributed by atoms with Crippen molar-refractivity contribution in [3.63, 3.8) is 0 Å². The van der Waals surface area contributed by atoms with Gasteiger partial charge in [-0.2, -0.15) is 10.4 Å². The monoisotopic (exact) mass is 484 g/mol. The van der Waals surface area contributed by atoms with Crippen molar-refractivity contribution in [1.29, 1.82) is 5.26 Å². The molecule has 0 spiro atoms. The number of allylic oxidation sites excluding steroid dienone is 1. The molecule has 2 N–H and O–H groups in total. The molecule has 3 aromatic rings. The Kier molecular flexibility index (Phi) is 9.43. The average Bonchev–Trinajstić information content (AvgIpc) is 2.88. The fourth-order valence-electron chi connectivity index (χ4n) is 3.48. The molecule has 0 aliphatic heterocycles. The highest BCUT2D eigenvalue weighted by molar-refractivity contribution is 6.08. The summed E-state index contributed by atoms with van der Waals surface area (Å²) in [4.78, 5) is 17.4. The van der Waals surface area contributed by atoms with Crippen LogP contribution in [0.1, 0.15) is 28.2 Å². The Morgan fingerprint density at radius 1 is 1.22 bits per heavy atom. The van der Waals surface area contributed by atoms with Crippen molar-refractivity contribution in [1.82, 2.24) is 15.3 Å². The van der Waals surface area contributed by atoms with Crippen LogP contribution < -0.4 is 10.6 Å². The number of anilines is 1. The maximum Gasteiger partial charge on any atom is 0.234 e. The molecule has 1 aromatic heterocycles. The number of rotatable bonds is 11. The van der Waals surface area contributed by atoms with Gasteiger partial charge in [0.1, 0.15) is 11.6 Å². The second-order valence-corrected chi connectivity index (χ2v) is 8.38. The van der Waals surface area contributed by atoms with E-state index in [9.17, 15) is 9.18 Å². The Bertz CT molecular complexity index is 1250. The Morgan fingerprint density at radius 2 is 1.94 bits per heavy atom. The molecular formula is C28H29FN6O. The number of hydrazone groups is 1. The first-order valence-electron chi connectivity index (χ1n) is 11.5. The van der Waals surface area contributed by atoms with Crippen molar-refractivity contribution < 1.29 is 9.18 Å². The highest BCUT2D eigenvalue weighted by Crippen LogP contribution is 2.20. The number of hydrogen-bond acceptors (Lipinski definition) is 6. The lowest BCUT2D eigenvalue weighted by Gasteiger charge is -2.18. The summed E-state index contributed by atoms with van der Waals surface area (Å²) >= 11 is 0. The van der Waals surface area contributed by atoms with Crippen LogP contribution >= 0.6 is 0 Å². The van der Waals surface area contributed by atoms with Gasteiger partial charge in [0.2, 0.25) is 5.91 Å². The second kappa shape index (κ2) is 12.9. The van der Waals surface area contributed by atoms with Gasteiger partial charge in [0, 0.05) is 38.5 Å². The summed E-state index contributed by atoms with van der Waals surface area (Å²) in [5.74, 6) is -1.22. The van der Waals surface area contributed by atoms with Crippen molar-refractivity contribution in [2.75, 3.05) is 32.5 Å². The lowest BCUT2D eigenvalue weighted by Crippen LogP contribution is -2.32. The van der Waals surface area contributed by atoms with Gasteiger partial charge in [-0.15, -0.1) is 0 Å². The summed E-state index contributed by atoms with van der Waals surface area (Å²) in [7, 11) is 3.50. The molecule has 7 nitrogen and oxygen atoms in total. The first-order valence-corrected chi connectivity index (χ1v) is 11.5. The second-order valence-electron chi connectivity index (χ2n) is 8.38. The van der Waals surface area contributed by atoms with Crippen LogP contribution in [0.3, 0.4) is 0 Å². The van der Waals surface area contributed by atoms with E-state index in [1.54, 1.807) is 31.2 Å². The van der Waals surface area contributed by atoms with Crippen LogP contribution in [0.2, 0.25) is 0 Å². The standard InChI is InChI=1S/C28H29FN6O/c1-20(17-33-35(2)3)24-19-32-27(15-26(24)29)34-28(36)25(23-7-5-4-6-8-23)18-31-14-13-21-9-11-22(16-30)12-10-21/h4-12,15,17,19,25,31H,1,13-14,18H2,2-3H3,(H,32,34,36)/b33-17-. The van der Waals surface area contributed by atoms with Crippen LogP contribution in [0, 0.1) is 17.1 Å². The topological polar surface area (TPSA) is 93.4 Å². The van der Waals surface area contributed by atoms with Gasteiger partial charge in [-0.25, -0.2) is 9.37 Å². The van der Waals surface area contributed by atoms with Gasteiger partial charge < -0.3 is 15.6 Å². The van der Waals surface area contributed by atoms with Crippen molar-refractivity contribution >= 4 is 23.5 Å². The Hall–Kier alpha value is -4.35. The van der Waals surface area contributed by atoms with Crippen LogP contribution in [-0.2, 0) is 11.2 Å². The molecule has 0 saturated carbocycles. The van der Waals surface area contributed by atoms with Crippen molar-refractivity contribution in [2.45, 2.75) is 12.3 Å². The number of carbonyl (C=O) groups is 1. The van der Waals surface area contributed by atoms with Gasteiger partial charge >= 0.3 is 0 Å². The average molecular weight is 485 g/mol. The number of pyridine rings is 1. The molecule has 1 unspecified atom stereocenters. The quantitative estimate of drug-likeness (QED) is 0.242. The molecule has 0 aliphatic carbocycles. The number of nitrogens with one attached hydrogen (secondary N) is 2. The predicted molar refractivity (Wildman–Crippen MR) is 141 cm³/mol. The predicted octanol–water partition coefficient (Wildman–Crippen LogP) is 4.21. The zero-order valence-corrected chi connectivity index (χ0v) is 20.4. The number of nitriles is 1. The SMILES string of the molecule is C=C(/C=N\N(C)C)c1cnc(NC(=O)C(CNCCc2ccc(C#N)cc2)c2ccccc2)cc1F. The van der Waals surface area contributed by atoms with E-state index in [4.69, 9.17) is 5.26 Å². The molecular weight excluding hydrogens is 455 g/mol. The Labute approximate surface area is 211 Å².